The maximum atomic E-state index is 13.0. The van der Waals surface area contributed by atoms with E-state index in [4.69, 9.17) is 17.0 Å². The van der Waals surface area contributed by atoms with Gasteiger partial charge in [-0.3, -0.25) is 10.1 Å². The quantitative estimate of drug-likeness (QED) is 0.652. The molecule has 0 bridgehead atoms. The molecule has 1 aliphatic heterocycles. The van der Waals surface area contributed by atoms with Crippen molar-refractivity contribution in [1.82, 2.24) is 5.32 Å². The lowest BCUT2D eigenvalue weighted by molar-refractivity contribution is -0.125. The smallest absolute Gasteiger partial charge is 0.267 e. The zero-order valence-corrected chi connectivity index (χ0v) is 15.6. The number of benzene rings is 3. The topological polar surface area (TPSA) is 50.4 Å². The maximum Gasteiger partial charge on any atom is 0.267 e. The minimum absolute atomic E-state index is 0.207. The van der Waals surface area contributed by atoms with E-state index in [9.17, 15) is 9.18 Å². The van der Waals surface area contributed by atoms with Crippen LogP contribution in [0.3, 0.4) is 0 Å². The minimum atomic E-state index is -0.585. The third kappa shape index (κ3) is 4.02. The molecular formula is C22H17FN2O2S. The summed E-state index contributed by atoms with van der Waals surface area (Å²) in [5.41, 5.74) is 3.63. The van der Waals surface area contributed by atoms with Crippen LogP contribution in [-0.4, -0.2) is 17.1 Å². The van der Waals surface area contributed by atoms with Gasteiger partial charge in [-0.15, -0.1) is 0 Å². The van der Waals surface area contributed by atoms with E-state index in [2.05, 4.69) is 10.6 Å². The fraction of sp³-hybridized carbons (Fsp3) is 0.0909. The van der Waals surface area contributed by atoms with Crippen molar-refractivity contribution in [2.75, 3.05) is 5.32 Å². The largest absolute Gasteiger partial charge is 0.480 e. The number of halogens is 1. The van der Waals surface area contributed by atoms with Crippen LogP contribution in [0, 0.1) is 5.82 Å². The summed E-state index contributed by atoms with van der Waals surface area (Å²) in [6.45, 7) is 0. The van der Waals surface area contributed by atoms with Gasteiger partial charge in [-0.1, -0.05) is 42.5 Å². The second kappa shape index (κ2) is 7.78. The lowest BCUT2D eigenvalue weighted by atomic mass is 10.1. The summed E-state index contributed by atoms with van der Waals surface area (Å²) in [5.74, 6) is 0.187. The van der Waals surface area contributed by atoms with Crippen molar-refractivity contribution in [3.05, 3.63) is 84.2 Å². The zero-order valence-electron chi connectivity index (χ0n) is 14.8. The third-order valence-electron chi connectivity index (χ3n) is 4.50. The second-order valence-electron chi connectivity index (χ2n) is 6.45. The van der Waals surface area contributed by atoms with Crippen LogP contribution in [0.5, 0.6) is 5.75 Å². The van der Waals surface area contributed by atoms with Gasteiger partial charge >= 0.3 is 0 Å². The average Bonchev–Trinajstić information content (AvgIpc) is 3.14. The second-order valence-corrected chi connectivity index (χ2v) is 6.85. The van der Waals surface area contributed by atoms with Gasteiger partial charge in [-0.2, -0.15) is 0 Å². The number of hydrogen-bond acceptors (Lipinski definition) is 3. The summed E-state index contributed by atoms with van der Waals surface area (Å²) in [5, 5.41) is 5.87. The standard InChI is InChI=1S/C22H17FN2O2S/c23-17-9-5-14(6-10-17)15-7-11-18(12-8-15)24-22(28)25-21(26)20-13-16-3-1-2-4-19(16)27-20/h1-12,20H,13H2,(H2,24,25,26,28). The Morgan fingerprint density at radius 2 is 1.61 bits per heavy atom. The van der Waals surface area contributed by atoms with E-state index in [1.165, 1.54) is 12.1 Å². The summed E-state index contributed by atoms with van der Waals surface area (Å²) in [6.07, 6.45) is -0.0604. The maximum absolute atomic E-state index is 13.0. The molecule has 4 nitrogen and oxygen atoms in total. The van der Waals surface area contributed by atoms with Crippen molar-refractivity contribution >= 4 is 28.9 Å². The molecule has 1 heterocycles. The molecule has 0 radical (unpaired) electrons. The van der Waals surface area contributed by atoms with Crippen molar-refractivity contribution in [3.8, 4) is 16.9 Å². The first kappa shape index (κ1) is 18.1. The first-order valence-electron chi connectivity index (χ1n) is 8.81. The fourth-order valence-corrected chi connectivity index (χ4v) is 3.29. The molecule has 140 valence electrons. The number of amides is 1. The number of para-hydroxylation sites is 1. The predicted octanol–water partition coefficient (Wildman–Crippen LogP) is 4.31. The van der Waals surface area contributed by atoms with Crippen LogP contribution < -0.4 is 15.4 Å². The van der Waals surface area contributed by atoms with Gasteiger partial charge in [0.15, 0.2) is 11.2 Å². The first-order valence-corrected chi connectivity index (χ1v) is 9.22. The molecule has 4 rings (SSSR count). The van der Waals surface area contributed by atoms with E-state index >= 15 is 0 Å². The Morgan fingerprint density at radius 3 is 2.29 bits per heavy atom. The van der Waals surface area contributed by atoms with Crippen LogP contribution >= 0.6 is 12.2 Å². The Hall–Kier alpha value is -3.25. The number of carbonyl (C=O) groups is 1. The van der Waals surface area contributed by atoms with Crippen LogP contribution in [0.4, 0.5) is 10.1 Å². The van der Waals surface area contributed by atoms with E-state index in [1.54, 1.807) is 12.1 Å². The Bertz CT molecular complexity index is 994. The number of ether oxygens (including phenoxy) is 1. The molecule has 0 fully saturated rings. The molecule has 0 saturated carbocycles. The number of carbonyl (C=O) groups excluding carboxylic acids is 1. The monoisotopic (exact) mass is 392 g/mol. The van der Waals surface area contributed by atoms with Gasteiger partial charge in [0.05, 0.1) is 0 Å². The molecule has 0 aliphatic carbocycles. The van der Waals surface area contributed by atoms with Crippen LogP contribution in [0.2, 0.25) is 0 Å². The van der Waals surface area contributed by atoms with Crippen LogP contribution in [0.15, 0.2) is 72.8 Å². The Balaban J connectivity index is 1.34. The van der Waals surface area contributed by atoms with Gasteiger partial charge in [0.1, 0.15) is 11.6 Å². The summed E-state index contributed by atoms with van der Waals surface area (Å²) >= 11 is 5.23. The molecule has 3 aromatic rings. The molecule has 1 unspecified atom stereocenters. The molecule has 2 N–H and O–H groups in total. The van der Waals surface area contributed by atoms with Crippen molar-refractivity contribution in [2.24, 2.45) is 0 Å². The molecule has 1 amide bonds. The highest BCUT2D eigenvalue weighted by Gasteiger charge is 2.29. The number of nitrogens with one attached hydrogen (secondary N) is 2. The molecule has 6 heteroatoms. The van der Waals surface area contributed by atoms with Gasteiger partial charge in [0.2, 0.25) is 0 Å². The molecule has 0 spiro atoms. The molecular weight excluding hydrogens is 375 g/mol. The van der Waals surface area contributed by atoms with Gasteiger partial charge < -0.3 is 10.1 Å². The van der Waals surface area contributed by atoms with E-state index in [0.29, 0.717) is 6.42 Å². The summed E-state index contributed by atoms with van der Waals surface area (Å²) in [4.78, 5) is 12.4. The van der Waals surface area contributed by atoms with E-state index in [1.807, 2.05) is 48.5 Å². The highest BCUT2D eigenvalue weighted by molar-refractivity contribution is 7.80. The van der Waals surface area contributed by atoms with Crippen LogP contribution in [-0.2, 0) is 11.2 Å². The van der Waals surface area contributed by atoms with Crippen molar-refractivity contribution in [2.45, 2.75) is 12.5 Å². The molecule has 0 aromatic heterocycles. The SMILES string of the molecule is O=C(NC(=S)Nc1ccc(-c2ccc(F)cc2)cc1)C1Cc2ccccc2O1. The molecule has 3 aromatic carbocycles. The molecule has 28 heavy (non-hydrogen) atoms. The van der Waals surface area contributed by atoms with Gasteiger partial charge in [0.25, 0.3) is 5.91 Å². The lowest BCUT2D eigenvalue weighted by Gasteiger charge is -2.13. The van der Waals surface area contributed by atoms with Crippen molar-refractivity contribution in [3.63, 3.8) is 0 Å². The van der Waals surface area contributed by atoms with Crippen molar-refractivity contribution in [1.29, 1.82) is 0 Å². The first-order chi connectivity index (χ1) is 13.6. The third-order valence-corrected chi connectivity index (χ3v) is 4.70. The van der Waals surface area contributed by atoms with E-state index < -0.39 is 6.10 Å². The minimum Gasteiger partial charge on any atom is -0.480 e. The normalized spacial score (nSPS) is 14.7. The Kier molecular flexibility index (Phi) is 5.04. The molecule has 1 atom stereocenters. The van der Waals surface area contributed by atoms with E-state index in [-0.39, 0.29) is 16.8 Å². The van der Waals surface area contributed by atoms with E-state index in [0.717, 1.165) is 28.1 Å². The van der Waals surface area contributed by atoms with Crippen molar-refractivity contribution < 1.29 is 13.9 Å². The Morgan fingerprint density at radius 1 is 0.964 bits per heavy atom. The zero-order chi connectivity index (χ0) is 19.5. The van der Waals surface area contributed by atoms with Gasteiger partial charge in [0, 0.05) is 12.1 Å². The van der Waals surface area contributed by atoms with Crippen LogP contribution in [0.25, 0.3) is 11.1 Å². The summed E-state index contributed by atoms with van der Waals surface area (Å²) in [7, 11) is 0. The summed E-state index contributed by atoms with van der Waals surface area (Å²) < 4.78 is 18.7. The highest BCUT2D eigenvalue weighted by atomic mass is 32.1. The van der Waals surface area contributed by atoms with Crippen LogP contribution in [0.1, 0.15) is 5.56 Å². The van der Waals surface area contributed by atoms with Gasteiger partial charge in [-0.25, -0.2) is 4.39 Å². The lowest BCUT2D eigenvalue weighted by Crippen LogP contribution is -2.42. The number of anilines is 1. The molecule has 1 aliphatic rings. The number of hydrogen-bond donors (Lipinski definition) is 2. The fourth-order valence-electron chi connectivity index (χ4n) is 3.07. The number of fused-ring (bicyclic) bond motifs is 1. The number of thiocarbonyl (C=S) groups is 1. The highest BCUT2D eigenvalue weighted by Crippen LogP contribution is 2.28. The average molecular weight is 392 g/mol. The molecule has 0 saturated heterocycles. The van der Waals surface area contributed by atoms with Gasteiger partial charge in [-0.05, 0) is 59.2 Å². The Labute approximate surface area is 167 Å². The predicted molar refractivity (Wildman–Crippen MR) is 111 cm³/mol. The number of rotatable bonds is 3. The summed E-state index contributed by atoms with van der Waals surface area (Å²) in [6, 6.07) is 21.4.